The molecule has 3 aromatic rings. The molecule has 10 heteroatoms. The van der Waals surface area contributed by atoms with Crippen molar-refractivity contribution in [1.29, 1.82) is 0 Å². The smallest absolute Gasteiger partial charge is 0.332 e. The molecule has 1 atom stereocenters. The Morgan fingerprint density at radius 1 is 0.930 bits per heavy atom. The van der Waals surface area contributed by atoms with Gasteiger partial charge in [-0.25, -0.2) is 4.99 Å². The molecule has 2 saturated heterocycles. The quantitative estimate of drug-likeness (QED) is 0.377. The van der Waals surface area contributed by atoms with E-state index < -0.39 is 11.7 Å². The Morgan fingerprint density at radius 3 is 2.37 bits per heavy atom. The number of aromatic nitrogens is 2. The molecule has 2 fully saturated rings. The summed E-state index contributed by atoms with van der Waals surface area (Å²) in [6.45, 7) is 9.26. The number of hydrogen-bond donors (Lipinski definition) is 0. The molecule has 1 aromatic heterocycles. The summed E-state index contributed by atoms with van der Waals surface area (Å²) < 4.78 is 38.7. The SMILES string of the molecule is Cc1cnc(CN2CCC(c3ccc4c(c3)CC(C(=O)N3CCN(Cc5ccc(C(F)(F)F)cc5)C[C@@H]3C)=N4)CC2)cn1. The zero-order valence-corrected chi connectivity index (χ0v) is 24.6. The van der Waals surface area contributed by atoms with Crippen molar-refractivity contribution >= 4 is 17.3 Å². The Hall–Kier alpha value is -3.63. The lowest BCUT2D eigenvalue weighted by Crippen LogP contribution is -2.55. The topological polar surface area (TPSA) is 64.9 Å². The maximum absolute atomic E-state index is 13.5. The van der Waals surface area contributed by atoms with Gasteiger partial charge in [-0.3, -0.25) is 24.6 Å². The van der Waals surface area contributed by atoms with E-state index in [4.69, 9.17) is 4.99 Å². The molecule has 6 rings (SSSR count). The number of aliphatic imine (C=N–C) groups is 1. The van der Waals surface area contributed by atoms with Crippen LogP contribution in [0.1, 0.15) is 59.3 Å². The lowest BCUT2D eigenvalue weighted by atomic mass is 9.88. The first-order valence-electron chi connectivity index (χ1n) is 15.0. The molecule has 0 aliphatic carbocycles. The monoisotopic (exact) mass is 590 g/mol. The third-order valence-corrected chi connectivity index (χ3v) is 8.90. The third kappa shape index (κ3) is 6.80. The van der Waals surface area contributed by atoms with Gasteiger partial charge >= 0.3 is 6.18 Å². The van der Waals surface area contributed by atoms with E-state index in [1.807, 2.05) is 31.1 Å². The number of carbonyl (C=O) groups is 1. The summed E-state index contributed by atoms with van der Waals surface area (Å²) in [6, 6.07) is 11.8. The van der Waals surface area contributed by atoms with Gasteiger partial charge in [0.05, 0.1) is 22.6 Å². The number of piperidine rings is 1. The molecule has 0 saturated carbocycles. The Labute approximate surface area is 250 Å². The fourth-order valence-electron chi connectivity index (χ4n) is 6.45. The lowest BCUT2D eigenvalue weighted by molar-refractivity contribution is -0.137. The largest absolute Gasteiger partial charge is 0.416 e. The number of aryl methyl sites for hydroxylation is 1. The van der Waals surface area contributed by atoms with Gasteiger partial charge in [0.15, 0.2) is 0 Å². The average molecular weight is 591 g/mol. The summed E-state index contributed by atoms with van der Waals surface area (Å²) in [5, 5.41) is 0. The predicted molar refractivity (Wildman–Crippen MR) is 159 cm³/mol. The van der Waals surface area contributed by atoms with Crippen LogP contribution in [0, 0.1) is 6.92 Å². The first-order valence-corrected chi connectivity index (χ1v) is 15.0. The molecule has 0 unspecified atom stereocenters. The van der Waals surface area contributed by atoms with Crippen LogP contribution in [0.5, 0.6) is 0 Å². The van der Waals surface area contributed by atoms with Crippen LogP contribution in [0.15, 0.2) is 59.9 Å². The van der Waals surface area contributed by atoms with Crippen molar-refractivity contribution in [2.24, 2.45) is 4.99 Å². The molecule has 3 aliphatic rings. The van der Waals surface area contributed by atoms with Crippen molar-refractivity contribution in [2.45, 2.75) is 64.3 Å². The highest BCUT2D eigenvalue weighted by Gasteiger charge is 2.33. The van der Waals surface area contributed by atoms with E-state index in [0.717, 1.165) is 72.8 Å². The average Bonchev–Trinajstić information content (AvgIpc) is 3.42. The van der Waals surface area contributed by atoms with E-state index in [1.54, 1.807) is 0 Å². The van der Waals surface area contributed by atoms with Gasteiger partial charge in [0.25, 0.3) is 5.91 Å². The van der Waals surface area contributed by atoms with Gasteiger partial charge < -0.3 is 4.90 Å². The van der Waals surface area contributed by atoms with Gasteiger partial charge in [0.1, 0.15) is 5.71 Å². The number of halogens is 3. The van der Waals surface area contributed by atoms with E-state index in [-0.39, 0.29) is 11.9 Å². The molecule has 2 aromatic carbocycles. The molecule has 1 amide bonds. The molecule has 226 valence electrons. The van der Waals surface area contributed by atoms with Gasteiger partial charge in [-0.1, -0.05) is 24.3 Å². The molecule has 0 N–H and O–H groups in total. The molecule has 3 aliphatic heterocycles. The standard InChI is InChI=1S/C33H37F3N6O/c1-22-17-38-29(18-37-22)21-40-11-9-25(10-12-40)26-5-8-30-27(15-26)16-31(39-30)32(43)42-14-13-41(19-23(42)2)20-24-3-6-28(7-4-24)33(34,35)36/h3-8,15,17-18,23,25H,9-14,16,19-21H2,1-2H3/t23-/m0/s1. The Balaban J connectivity index is 1.00. The number of carbonyl (C=O) groups excluding carboxylic acids is 1. The van der Waals surface area contributed by atoms with Crippen LogP contribution < -0.4 is 0 Å². The van der Waals surface area contributed by atoms with Crippen molar-refractivity contribution in [1.82, 2.24) is 24.7 Å². The number of nitrogens with zero attached hydrogens (tertiary/aromatic N) is 6. The first-order chi connectivity index (χ1) is 20.6. The van der Waals surface area contributed by atoms with Crippen LogP contribution in [-0.2, 0) is 30.5 Å². The minimum Gasteiger partial charge on any atom is -0.332 e. The van der Waals surface area contributed by atoms with E-state index in [9.17, 15) is 18.0 Å². The Bertz CT molecular complexity index is 1480. The highest BCUT2D eigenvalue weighted by Crippen LogP contribution is 2.35. The minimum atomic E-state index is -4.33. The van der Waals surface area contributed by atoms with Gasteiger partial charge in [-0.2, -0.15) is 13.2 Å². The normalized spacial score (nSPS) is 20.3. The highest BCUT2D eigenvalue weighted by molar-refractivity contribution is 6.40. The van der Waals surface area contributed by atoms with Crippen LogP contribution in [0.4, 0.5) is 18.9 Å². The number of rotatable bonds is 6. The van der Waals surface area contributed by atoms with Crippen molar-refractivity contribution in [3.05, 3.63) is 88.5 Å². The minimum absolute atomic E-state index is 0.0197. The Morgan fingerprint density at radius 2 is 1.70 bits per heavy atom. The summed E-state index contributed by atoms with van der Waals surface area (Å²) in [5.41, 5.74) is 6.04. The summed E-state index contributed by atoms with van der Waals surface area (Å²) in [5.74, 6) is 0.468. The number of hydrogen-bond acceptors (Lipinski definition) is 6. The number of piperazine rings is 1. The second-order valence-electron chi connectivity index (χ2n) is 12.1. The first kappa shape index (κ1) is 29.4. The number of benzene rings is 2. The van der Waals surface area contributed by atoms with Crippen LogP contribution >= 0.6 is 0 Å². The van der Waals surface area contributed by atoms with Crippen LogP contribution in [-0.4, -0.2) is 75.1 Å². The highest BCUT2D eigenvalue weighted by atomic mass is 19.4. The maximum Gasteiger partial charge on any atom is 0.416 e. The van der Waals surface area contributed by atoms with Crippen molar-refractivity contribution < 1.29 is 18.0 Å². The molecule has 4 heterocycles. The van der Waals surface area contributed by atoms with Gasteiger partial charge in [0.2, 0.25) is 0 Å². The van der Waals surface area contributed by atoms with Gasteiger partial charge in [-0.15, -0.1) is 0 Å². The third-order valence-electron chi connectivity index (χ3n) is 8.90. The zero-order chi connectivity index (χ0) is 30.1. The van der Waals surface area contributed by atoms with Gasteiger partial charge in [0, 0.05) is 57.6 Å². The number of likely N-dealkylation sites (tertiary alicyclic amines) is 1. The van der Waals surface area contributed by atoms with Crippen LogP contribution in [0.25, 0.3) is 0 Å². The van der Waals surface area contributed by atoms with Crippen molar-refractivity contribution in [3.8, 4) is 0 Å². The fourth-order valence-corrected chi connectivity index (χ4v) is 6.45. The number of alkyl halides is 3. The number of fused-ring (bicyclic) bond motifs is 1. The van der Waals surface area contributed by atoms with E-state index in [0.29, 0.717) is 44.2 Å². The summed E-state index contributed by atoms with van der Waals surface area (Å²) >= 11 is 0. The molecular formula is C33H37F3N6O. The lowest BCUT2D eigenvalue weighted by Gasteiger charge is -2.40. The van der Waals surface area contributed by atoms with Gasteiger partial charge in [-0.05, 0) is 80.6 Å². The summed E-state index contributed by atoms with van der Waals surface area (Å²) in [4.78, 5) is 33.6. The second-order valence-corrected chi connectivity index (χ2v) is 12.1. The predicted octanol–water partition coefficient (Wildman–Crippen LogP) is 5.54. The molecule has 0 spiro atoms. The maximum atomic E-state index is 13.5. The van der Waals surface area contributed by atoms with E-state index in [1.165, 1.54) is 17.7 Å². The molecule has 0 bridgehead atoms. The molecule has 7 nitrogen and oxygen atoms in total. The fraction of sp³-hybridized carbons (Fsp3) is 0.455. The Kier molecular flexibility index (Phi) is 8.33. The number of amides is 1. The summed E-state index contributed by atoms with van der Waals surface area (Å²) in [6.07, 6.45) is 2.06. The molecule has 43 heavy (non-hydrogen) atoms. The molecule has 0 radical (unpaired) electrons. The zero-order valence-electron chi connectivity index (χ0n) is 24.6. The van der Waals surface area contributed by atoms with Crippen molar-refractivity contribution in [3.63, 3.8) is 0 Å². The second kappa shape index (κ2) is 12.2. The van der Waals surface area contributed by atoms with E-state index >= 15 is 0 Å². The van der Waals surface area contributed by atoms with Crippen molar-refractivity contribution in [2.75, 3.05) is 32.7 Å². The summed E-state index contributed by atoms with van der Waals surface area (Å²) in [7, 11) is 0. The molecular weight excluding hydrogens is 553 g/mol. The van der Waals surface area contributed by atoms with Crippen LogP contribution in [0.2, 0.25) is 0 Å². The van der Waals surface area contributed by atoms with E-state index in [2.05, 4.69) is 38.0 Å². The van der Waals surface area contributed by atoms with Crippen LogP contribution in [0.3, 0.4) is 0 Å².